The van der Waals surface area contributed by atoms with Gasteiger partial charge in [0.15, 0.2) is 0 Å². The number of rotatable bonds is 4. The van der Waals surface area contributed by atoms with Gasteiger partial charge in [-0.2, -0.15) is 4.98 Å². The lowest BCUT2D eigenvalue weighted by Crippen LogP contribution is -2.29. The molecule has 0 spiro atoms. The minimum absolute atomic E-state index is 0.159. The largest absolute Gasteiger partial charge is 0.339 e. The molecule has 0 aliphatic heterocycles. The van der Waals surface area contributed by atoms with Crippen LogP contribution in [0.3, 0.4) is 0 Å². The van der Waals surface area contributed by atoms with E-state index in [0.29, 0.717) is 10.8 Å². The molecule has 0 saturated carbocycles. The van der Waals surface area contributed by atoms with Gasteiger partial charge in [-0.25, -0.2) is 0 Å². The van der Waals surface area contributed by atoms with Gasteiger partial charge in [0.2, 0.25) is 17.3 Å². The molecule has 7 nitrogen and oxygen atoms in total. The first-order valence-corrected chi connectivity index (χ1v) is 7.50. The number of hydrogen-bond acceptors (Lipinski definition) is 5. The normalized spacial score (nSPS) is 11.9. The van der Waals surface area contributed by atoms with Gasteiger partial charge in [0, 0.05) is 16.7 Å². The number of hydrogen-bond donors (Lipinski definition) is 2. The summed E-state index contributed by atoms with van der Waals surface area (Å²) in [6, 6.07) is 10.8. The third-order valence-corrected chi connectivity index (χ3v) is 3.53. The molecule has 0 saturated heterocycles. The first-order chi connectivity index (χ1) is 11.5. The molecular weight excluding hydrogens is 332 g/mol. The van der Waals surface area contributed by atoms with Crippen LogP contribution in [0.2, 0.25) is 5.02 Å². The van der Waals surface area contributed by atoms with Crippen LogP contribution in [0.15, 0.2) is 51.8 Å². The average molecular weight is 345 g/mol. The van der Waals surface area contributed by atoms with Crippen LogP contribution >= 0.6 is 11.6 Å². The summed E-state index contributed by atoms with van der Waals surface area (Å²) in [7, 11) is 0. The Morgan fingerprint density at radius 2 is 2.00 bits per heavy atom. The molecule has 0 fully saturated rings. The van der Waals surface area contributed by atoms with Gasteiger partial charge in [0.05, 0.1) is 0 Å². The number of amides is 1. The molecule has 1 atom stereocenters. The standard InChI is InChI=1S/C16H13ClN4O3/c1-9(18-15(23)12-3-2-4-13(22)19-12)16-20-14(21-24-16)10-5-7-11(17)8-6-10/h2-9H,1H3,(H,18,23)(H,19,22)/t9-/m0/s1. The van der Waals surface area contributed by atoms with Crippen molar-refractivity contribution >= 4 is 17.5 Å². The molecule has 0 radical (unpaired) electrons. The van der Waals surface area contributed by atoms with Gasteiger partial charge >= 0.3 is 0 Å². The second-order valence-corrected chi connectivity index (χ2v) is 5.52. The Kier molecular flexibility index (Phi) is 4.43. The van der Waals surface area contributed by atoms with Gasteiger partial charge in [0.25, 0.3) is 5.91 Å². The number of aromatic nitrogens is 3. The maximum atomic E-state index is 12.1. The summed E-state index contributed by atoms with van der Waals surface area (Å²) < 4.78 is 5.19. The van der Waals surface area contributed by atoms with Crippen LogP contribution in [0.5, 0.6) is 0 Å². The van der Waals surface area contributed by atoms with E-state index in [1.54, 1.807) is 31.2 Å². The number of benzene rings is 1. The van der Waals surface area contributed by atoms with Gasteiger partial charge in [-0.3, -0.25) is 9.59 Å². The summed E-state index contributed by atoms with van der Waals surface area (Å²) >= 11 is 5.84. The highest BCUT2D eigenvalue weighted by atomic mass is 35.5. The number of pyridine rings is 1. The molecule has 24 heavy (non-hydrogen) atoms. The van der Waals surface area contributed by atoms with E-state index in [1.165, 1.54) is 18.2 Å². The zero-order valence-electron chi connectivity index (χ0n) is 12.6. The quantitative estimate of drug-likeness (QED) is 0.757. The molecule has 8 heteroatoms. The van der Waals surface area contributed by atoms with Crippen LogP contribution in [-0.2, 0) is 0 Å². The van der Waals surface area contributed by atoms with Crippen molar-refractivity contribution in [3.63, 3.8) is 0 Å². The molecule has 122 valence electrons. The smallest absolute Gasteiger partial charge is 0.268 e. The number of halogens is 1. The van der Waals surface area contributed by atoms with Gasteiger partial charge in [-0.1, -0.05) is 22.8 Å². The van der Waals surface area contributed by atoms with Crippen molar-refractivity contribution < 1.29 is 9.32 Å². The third-order valence-electron chi connectivity index (χ3n) is 3.28. The van der Waals surface area contributed by atoms with Crippen molar-refractivity contribution in [3.8, 4) is 11.4 Å². The summed E-state index contributed by atoms with van der Waals surface area (Å²) in [5.74, 6) is 0.217. The Balaban J connectivity index is 1.74. The van der Waals surface area contributed by atoms with E-state index < -0.39 is 11.9 Å². The van der Waals surface area contributed by atoms with Crippen LogP contribution in [0.1, 0.15) is 29.3 Å². The molecule has 0 bridgehead atoms. The van der Waals surface area contributed by atoms with Crippen LogP contribution in [0.4, 0.5) is 0 Å². The van der Waals surface area contributed by atoms with E-state index in [-0.39, 0.29) is 17.1 Å². The highest BCUT2D eigenvalue weighted by molar-refractivity contribution is 6.30. The molecule has 1 aromatic carbocycles. The third kappa shape index (κ3) is 3.52. The summed E-state index contributed by atoms with van der Waals surface area (Å²) in [6.45, 7) is 1.71. The molecule has 0 aliphatic carbocycles. The molecule has 1 amide bonds. The zero-order chi connectivity index (χ0) is 17.1. The molecular formula is C16H13ClN4O3. The number of carbonyl (C=O) groups excluding carboxylic acids is 1. The Labute approximate surface area is 141 Å². The highest BCUT2D eigenvalue weighted by Gasteiger charge is 2.18. The first-order valence-electron chi connectivity index (χ1n) is 7.12. The maximum Gasteiger partial charge on any atom is 0.268 e. The Bertz CT molecular complexity index is 917. The Morgan fingerprint density at radius 1 is 1.25 bits per heavy atom. The Hall–Kier alpha value is -2.93. The topological polar surface area (TPSA) is 101 Å². The number of aromatic amines is 1. The first kappa shape index (κ1) is 15.9. The molecule has 0 aliphatic rings. The number of carbonyl (C=O) groups is 1. The SMILES string of the molecule is C[C@H](NC(=O)c1cccc(=O)[nH]1)c1nc(-c2ccc(Cl)cc2)no1. The van der Waals surface area contributed by atoms with Crippen molar-refractivity contribution in [2.24, 2.45) is 0 Å². The second kappa shape index (κ2) is 6.67. The van der Waals surface area contributed by atoms with Crippen LogP contribution in [-0.4, -0.2) is 21.0 Å². The van der Waals surface area contributed by atoms with Gasteiger partial charge < -0.3 is 14.8 Å². The fraction of sp³-hybridized carbons (Fsp3) is 0.125. The minimum Gasteiger partial charge on any atom is -0.339 e. The van der Waals surface area contributed by atoms with Crippen LogP contribution < -0.4 is 10.9 Å². The van der Waals surface area contributed by atoms with Gasteiger partial charge in [-0.15, -0.1) is 0 Å². The van der Waals surface area contributed by atoms with Crippen molar-refractivity contribution in [1.82, 2.24) is 20.4 Å². The van der Waals surface area contributed by atoms with E-state index in [0.717, 1.165) is 5.56 Å². The summed E-state index contributed by atoms with van der Waals surface area (Å²) in [5.41, 5.74) is 0.560. The molecule has 2 N–H and O–H groups in total. The number of H-pyrrole nitrogens is 1. The predicted molar refractivity (Wildman–Crippen MR) is 87.7 cm³/mol. The number of nitrogens with zero attached hydrogens (tertiary/aromatic N) is 2. The predicted octanol–water partition coefficient (Wildman–Crippen LogP) is 2.57. The zero-order valence-corrected chi connectivity index (χ0v) is 13.4. The molecule has 2 heterocycles. The summed E-state index contributed by atoms with van der Waals surface area (Å²) in [6.07, 6.45) is 0. The van der Waals surface area contributed by atoms with E-state index in [1.807, 2.05) is 0 Å². The monoisotopic (exact) mass is 344 g/mol. The van der Waals surface area contributed by atoms with Crippen molar-refractivity contribution in [3.05, 3.63) is 69.4 Å². The van der Waals surface area contributed by atoms with Crippen molar-refractivity contribution in [2.45, 2.75) is 13.0 Å². The van der Waals surface area contributed by atoms with Gasteiger partial charge in [-0.05, 0) is 37.3 Å². The lowest BCUT2D eigenvalue weighted by molar-refractivity contribution is 0.0927. The lowest BCUT2D eigenvalue weighted by Gasteiger charge is -2.09. The number of nitrogens with one attached hydrogen (secondary N) is 2. The van der Waals surface area contributed by atoms with Crippen LogP contribution in [0.25, 0.3) is 11.4 Å². The molecule has 0 unspecified atom stereocenters. The van der Waals surface area contributed by atoms with E-state index >= 15 is 0 Å². The lowest BCUT2D eigenvalue weighted by atomic mass is 10.2. The average Bonchev–Trinajstić information content (AvgIpc) is 3.05. The van der Waals surface area contributed by atoms with Crippen LogP contribution in [0, 0.1) is 0 Å². The Morgan fingerprint density at radius 3 is 2.71 bits per heavy atom. The fourth-order valence-electron chi connectivity index (χ4n) is 2.04. The second-order valence-electron chi connectivity index (χ2n) is 5.09. The highest BCUT2D eigenvalue weighted by Crippen LogP contribution is 2.20. The fourth-order valence-corrected chi connectivity index (χ4v) is 2.17. The van der Waals surface area contributed by atoms with Crippen molar-refractivity contribution in [1.29, 1.82) is 0 Å². The molecule has 3 aromatic rings. The van der Waals surface area contributed by atoms with Crippen molar-refractivity contribution in [2.75, 3.05) is 0 Å². The summed E-state index contributed by atoms with van der Waals surface area (Å²) in [4.78, 5) is 30.1. The van der Waals surface area contributed by atoms with Gasteiger partial charge in [0.1, 0.15) is 11.7 Å². The molecule has 2 aromatic heterocycles. The van der Waals surface area contributed by atoms with E-state index in [2.05, 4.69) is 20.4 Å². The summed E-state index contributed by atoms with van der Waals surface area (Å²) in [5, 5.41) is 7.19. The van der Waals surface area contributed by atoms with E-state index in [9.17, 15) is 9.59 Å². The molecule has 3 rings (SSSR count). The minimum atomic E-state index is -0.519. The maximum absolute atomic E-state index is 12.1. The van der Waals surface area contributed by atoms with E-state index in [4.69, 9.17) is 16.1 Å².